The number of nitrogens with zero attached hydrogens (tertiary/aromatic N) is 2. The van der Waals surface area contributed by atoms with Gasteiger partial charge in [-0.25, -0.2) is 0 Å². The quantitative estimate of drug-likeness (QED) is 0.622. The Morgan fingerprint density at radius 3 is 2.59 bits per heavy atom. The van der Waals surface area contributed by atoms with Crippen molar-refractivity contribution in [2.75, 3.05) is 0 Å². The Morgan fingerprint density at radius 1 is 1.10 bits per heavy atom. The molecule has 3 amide bonds. The first-order valence-electron chi connectivity index (χ1n) is 9.32. The van der Waals surface area contributed by atoms with Gasteiger partial charge in [-0.05, 0) is 30.2 Å². The summed E-state index contributed by atoms with van der Waals surface area (Å²) >= 11 is 0. The Balaban J connectivity index is 1.58. The molecule has 4 rings (SSSR count). The first kappa shape index (κ1) is 18.8. The lowest BCUT2D eigenvalue weighted by atomic mass is 9.92. The van der Waals surface area contributed by atoms with Gasteiger partial charge in [-0.15, -0.1) is 0 Å². The molecule has 0 spiro atoms. The Bertz CT molecular complexity index is 1070. The van der Waals surface area contributed by atoms with Gasteiger partial charge in [0.1, 0.15) is 11.5 Å². The summed E-state index contributed by atoms with van der Waals surface area (Å²) in [6.07, 6.45) is 1.82. The molecule has 2 aromatic rings. The van der Waals surface area contributed by atoms with Crippen molar-refractivity contribution in [3.63, 3.8) is 0 Å². The summed E-state index contributed by atoms with van der Waals surface area (Å²) in [6.45, 7) is 0.0666. The highest BCUT2D eigenvalue weighted by Crippen LogP contribution is 2.31. The van der Waals surface area contributed by atoms with Crippen molar-refractivity contribution in [3.8, 4) is 0 Å². The Labute approximate surface area is 166 Å². The number of carbonyl (C=O) groups is 5. The lowest BCUT2D eigenvalue weighted by molar-refractivity contribution is -0.132. The van der Waals surface area contributed by atoms with Gasteiger partial charge in [0.15, 0.2) is 5.78 Å². The number of nitrogens with one attached hydrogen (secondary N) is 1. The first-order chi connectivity index (χ1) is 13.9. The maximum absolute atomic E-state index is 13.0. The first-order valence-corrected chi connectivity index (χ1v) is 9.32. The summed E-state index contributed by atoms with van der Waals surface area (Å²) in [6, 6.07) is 7.37. The van der Waals surface area contributed by atoms with Crippen LogP contribution in [0.4, 0.5) is 0 Å². The SMILES string of the molecule is Cn1cccc1C(=O)NCc1cccc2c1C(=O)N(C1CCC(=O)CC1=O)C2=O. The number of benzene rings is 1. The van der Waals surface area contributed by atoms with Gasteiger partial charge in [-0.1, -0.05) is 12.1 Å². The second kappa shape index (κ2) is 7.12. The van der Waals surface area contributed by atoms with Gasteiger partial charge in [0.2, 0.25) is 0 Å². The predicted octanol–water partition coefficient (Wildman–Crippen LogP) is 1.24. The average molecular weight is 393 g/mol. The number of fused-ring (bicyclic) bond motifs is 1. The number of hydrogen-bond donors (Lipinski definition) is 1. The van der Waals surface area contributed by atoms with E-state index in [-0.39, 0.29) is 48.6 Å². The van der Waals surface area contributed by atoms with Crippen molar-refractivity contribution < 1.29 is 24.0 Å². The average Bonchev–Trinajstić information content (AvgIpc) is 3.23. The summed E-state index contributed by atoms with van der Waals surface area (Å²) < 4.78 is 1.68. The molecule has 1 N–H and O–H groups in total. The summed E-state index contributed by atoms with van der Waals surface area (Å²) in [5, 5.41) is 2.76. The monoisotopic (exact) mass is 393 g/mol. The molecule has 2 aliphatic rings. The number of amides is 3. The van der Waals surface area contributed by atoms with Crippen LogP contribution in [-0.4, -0.2) is 44.8 Å². The standard InChI is InChI=1S/C21H19N3O5/c1-23-9-3-6-16(23)19(27)22-11-12-4-2-5-14-18(12)21(29)24(20(14)28)15-8-7-13(25)10-17(15)26/h2-6,9,15H,7-8,10-11H2,1H3,(H,22,27). The number of carbonyl (C=O) groups excluding carboxylic acids is 5. The largest absolute Gasteiger partial charge is 0.347 e. The van der Waals surface area contributed by atoms with Crippen LogP contribution in [0.2, 0.25) is 0 Å². The number of ketones is 2. The highest BCUT2D eigenvalue weighted by Gasteiger charge is 2.45. The maximum Gasteiger partial charge on any atom is 0.268 e. The molecule has 0 radical (unpaired) electrons. The van der Waals surface area contributed by atoms with Crippen LogP contribution in [-0.2, 0) is 23.2 Å². The van der Waals surface area contributed by atoms with Crippen LogP contribution in [0.15, 0.2) is 36.5 Å². The van der Waals surface area contributed by atoms with Crippen LogP contribution in [0.3, 0.4) is 0 Å². The van der Waals surface area contributed by atoms with Crippen LogP contribution in [0.1, 0.15) is 56.0 Å². The molecule has 1 unspecified atom stereocenters. The van der Waals surface area contributed by atoms with E-state index in [1.54, 1.807) is 42.1 Å². The van der Waals surface area contributed by atoms with Crippen LogP contribution in [0.5, 0.6) is 0 Å². The lowest BCUT2D eigenvalue weighted by Crippen LogP contribution is -2.47. The second-order valence-electron chi connectivity index (χ2n) is 7.24. The number of hydrogen-bond acceptors (Lipinski definition) is 5. The van der Waals surface area contributed by atoms with Crippen molar-refractivity contribution in [1.29, 1.82) is 0 Å². The number of aryl methyl sites for hydroxylation is 1. The lowest BCUT2D eigenvalue weighted by Gasteiger charge is -2.27. The molecule has 148 valence electrons. The zero-order valence-corrected chi connectivity index (χ0v) is 15.8. The highest BCUT2D eigenvalue weighted by atomic mass is 16.2. The smallest absolute Gasteiger partial charge is 0.268 e. The molecule has 2 heterocycles. The molecule has 1 aromatic heterocycles. The van der Waals surface area contributed by atoms with Crippen LogP contribution in [0.25, 0.3) is 0 Å². The highest BCUT2D eigenvalue weighted by molar-refractivity contribution is 6.24. The Hall–Kier alpha value is -3.55. The second-order valence-corrected chi connectivity index (χ2v) is 7.24. The van der Waals surface area contributed by atoms with Gasteiger partial charge in [0, 0.05) is 26.2 Å². The van der Waals surface area contributed by atoms with Crippen molar-refractivity contribution >= 4 is 29.3 Å². The van der Waals surface area contributed by atoms with E-state index < -0.39 is 23.6 Å². The summed E-state index contributed by atoms with van der Waals surface area (Å²) in [5.41, 5.74) is 1.39. The van der Waals surface area contributed by atoms with Crippen molar-refractivity contribution in [2.24, 2.45) is 7.05 Å². The molecule has 1 atom stereocenters. The fraction of sp³-hybridized carbons (Fsp3) is 0.286. The third-order valence-corrected chi connectivity index (χ3v) is 5.40. The fourth-order valence-corrected chi connectivity index (χ4v) is 3.90. The molecular formula is C21H19N3O5. The topological polar surface area (TPSA) is 106 Å². The van der Waals surface area contributed by atoms with E-state index in [2.05, 4.69) is 5.32 Å². The van der Waals surface area contributed by atoms with Gasteiger partial charge in [0.05, 0.1) is 23.6 Å². The molecule has 1 fully saturated rings. The van der Waals surface area contributed by atoms with E-state index >= 15 is 0 Å². The molecule has 1 aliphatic heterocycles. The van der Waals surface area contributed by atoms with E-state index in [0.717, 1.165) is 4.90 Å². The molecule has 0 saturated heterocycles. The molecular weight excluding hydrogens is 374 g/mol. The zero-order chi connectivity index (χ0) is 20.7. The molecule has 29 heavy (non-hydrogen) atoms. The number of aromatic nitrogens is 1. The van der Waals surface area contributed by atoms with Crippen molar-refractivity contribution in [2.45, 2.75) is 31.8 Å². The minimum absolute atomic E-state index is 0.0666. The molecule has 8 heteroatoms. The van der Waals surface area contributed by atoms with Crippen LogP contribution < -0.4 is 5.32 Å². The van der Waals surface area contributed by atoms with Gasteiger partial charge in [-0.3, -0.25) is 28.9 Å². The Morgan fingerprint density at radius 2 is 1.90 bits per heavy atom. The molecule has 1 aromatic carbocycles. The normalized spacial score (nSPS) is 18.9. The third kappa shape index (κ3) is 3.16. The van der Waals surface area contributed by atoms with Gasteiger partial charge < -0.3 is 9.88 Å². The fourth-order valence-electron chi connectivity index (χ4n) is 3.90. The van der Waals surface area contributed by atoms with Crippen molar-refractivity contribution in [3.05, 3.63) is 58.9 Å². The summed E-state index contributed by atoms with van der Waals surface area (Å²) in [4.78, 5) is 63.0. The van der Waals surface area contributed by atoms with E-state index in [9.17, 15) is 24.0 Å². The minimum atomic E-state index is -0.911. The van der Waals surface area contributed by atoms with E-state index in [1.807, 2.05) is 0 Å². The minimum Gasteiger partial charge on any atom is -0.347 e. The number of rotatable bonds is 4. The molecule has 0 bridgehead atoms. The van der Waals surface area contributed by atoms with Gasteiger partial charge in [-0.2, -0.15) is 0 Å². The molecule has 8 nitrogen and oxygen atoms in total. The predicted molar refractivity (Wildman–Crippen MR) is 101 cm³/mol. The van der Waals surface area contributed by atoms with Gasteiger partial charge >= 0.3 is 0 Å². The van der Waals surface area contributed by atoms with E-state index in [4.69, 9.17) is 0 Å². The number of Topliss-reactive ketones (excluding diaryl/α,β-unsaturated/α-hetero) is 2. The maximum atomic E-state index is 13.0. The third-order valence-electron chi connectivity index (χ3n) is 5.40. The molecule has 1 saturated carbocycles. The summed E-state index contributed by atoms with van der Waals surface area (Å²) in [5.74, 6) is -1.97. The van der Waals surface area contributed by atoms with E-state index in [0.29, 0.717) is 11.3 Å². The van der Waals surface area contributed by atoms with Crippen LogP contribution >= 0.6 is 0 Å². The summed E-state index contributed by atoms with van der Waals surface area (Å²) in [7, 11) is 1.75. The Kier molecular flexibility index (Phi) is 4.62. The number of imide groups is 1. The van der Waals surface area contributed by atoms with Crippen LogP contribution in [0, 0.1) is 0 Å². The van der Waals surface area contributed by atoms with Gasteiger partial charge in [0.25, 0.3) is 17.7 Å². The zero-order valence-electron chi connectivity index (χ0n) is 15.8. The van der Waals surface area contributed by atoms with E-state index in [1.165, 1.54) is 6.07 Å². The molecule has 1 aliphatic carbocycles. The van der Waals surface area contributed by atoms with Crippen molar-refractivity contribution in [1.82, 2.24) is 14.8 Å².